The molecular weight excluding hydrogens is 215 g/mol. The van der Waals surface area contributed by atoms with Gasteiger partial charge in [0.2, 0.25) is 0 Å². The maximum absolute atomic E-state index is 12.3. The van der Waals surface area contributed by atoms with E-state index in [9.17, 15) is 4.39 Å². The van der Waals surface area contributed by atoms with Crippen LogP contribution < -0.4 is 10.6 Å². The predicted molar refractivity (Wildman–Crippen MR) is 70.2 cm³/mol. The van der Waals surface area contributed by atoms with Crippen LogP contribution in [0.25, 0.3) is 0 Å². The van der Waals surface area contributed by atoms with Crippen molar-refractivity contribution in [3.63, 3.8) is 0 Å². The zero-order chi connectivity index (χ0) is 12.3. The van der Waals surface area contributed by atoms with Crippen LogP contribution in [-0.4, -0.2) is 19.8 Å². The van der Waals surface area contributed by atoms with Gasteiger partial charge in [-0.3, -0.25) is 4.39 Å². The Morgan fingerprint density at radius 2 is 2.29 bits per heavy atom. The third-order valence-electron chi connectivity index (χ3n) is 3.41. The van der Waals surface area contributed by atoms with Gasteiger partial charge in [-0.05, 0) is 43.4 Å². The van der Waals surface area contributed by atoms with Crippen molar-refractivity contribution in [1.29, 1.82) is 0 Å². The van der Waals surface area contributed by atoms with Crippen LogP contribution in [0.4, 0.5) is 10.1 Å². The lowest BCUT2D eigenvalue weighted by atomic mass is 9.97. The molecule has 0 saturated carbocycles. The van der Waals surface area contributed by atoms with Gasteiger partial charge in [-0.25, -0.2) is 0 Å². The Morgan fingerprint density at radius 1 is 1.47 bits per heavy atom. The minimum atomic E-state index is -0.232. The molecule has 2 rings (SSSR count). The second kappa shape index (κ2) is 5.50. The fourth-order valence-electron chi connectivity index (χ4n) is 2.46. The monoisotopic (exact) mass is 236 g/mol. The summed E-state index contributed by atoms with van der Waals surface area (Å²) in [5.41, 5.74) is 9.73. The van der Waals surface area contributed by atoms with Crippen LogP contribution in [0.3, 0.4) is 0 Å². The molecule has 1 unspecified atom stereocenters. The van der Waals surface area contributed by atoms with E-state index in [-0.39, 0.29) is 12.7 Å². The molecule has 2 N–H and O–H groups in total. The van der Waals surface area contributed by atoms with Crippen molar-refractivity contribution in [2.75, 3.05) is 24.7 Å². The predicted octanol–water partition coefficient (Wildman–Crippen LogP) is 2.82. The molecule has 0 amide bonds. The molecule has 0 aromatic heterocycles. The average molecular weight is 236 g/mol. The first-order chi connectivity index (χ1) is 8.22. The molecule has 0 bridgehead atoms. The summed E-state index contributed by atoms with van der Waals surface area (Å²) in [7, 11) is 0. The van der Waals surface area contributed by atoms with E-state index >= 15 is 0 Å². The quantitative estimate of drug-likeness (QED) is 0.871. The average Bonchev–Trinajstić information content (AvgIpc) is 2.35. The van der Waals surface area contributed by atoms with Crippen molar-refractivity contribution in [3.8, 4) is 0 Å². The Morgan fingerprint density at radius 3 is 3.00 bits per heavy atom. The van der Waals surface area contributed by atoms with Gasteiger partial charge in [-0.1, -0.05) is 12.1 Å². The second-order valence-electron chi connectivity index (χ2n) is 4.81. The third kappa shape index (κ3) is 2.78. The Kier molecular flexibility index (Phi) is 4.00. The van der Waals surface area contributed by atoms with Crippen molar-refractivity contribution in [1.82, 2.24) is 0 Å². The van der Waals surface area contributed by atoms with E-state index in [1.807, 2.05) is 6.92 Å². The second-order valence-corrected chi connectivity index (χ2v) is 4.81. The zero-order valence-electron chi connectivity index (χ0n) is 10.5. The first kappa shape index (κ1) is 12.4. The van der Waals surface area contributed by atoms with Crippen LogP contribution in [0.5, 0.6) is 0 Å². The molecule has 1 atom stereocenters. The minimum Gasteiger partial charge on any atom is -0.371 e. The van der Waals surface area contributed by atoms with Crippen LogP contribution in [0.2, 0.25) is 0 Å². The van der Waals surface area contributed by atoms with E-state index in [0.29, 0.717) is 6.42 Å². The summed E-state index contributed by atoms with van der Waals surface area (Å²) < 4.78 is 12.3. The first-order valence-electron chi connectivity index (χ1n) is 6.41. The summed E-state index contributed by atoms with van der Waals surface area (Å²) in [6.45, 7) is 3.64. The molecule has 0 saturated heterocycles. The van der Waals surface area contributed by atoms with E-state index in [1.165, 1.54) is 16.8 Å². The minimum absolute atomic E-state index is 0.0847. The number of rotatable bonds is 4. The van der Waals surface area contributed by atoms with Crippen LogP contribution in [0.15, 0.2) is 18.2 Å². The highest BCUT2D eigenvalue weighted by Gasteiger charge is 2.17. The van der Waals surface area contributed by atoms with Gasteiger partial charge in [0, 0.05) is 24.8 Å². The van der Waals surface area contributed by atoms with Crippen molar-refractivity contribution in [3.05, 3.63) is 29.3 Å². The highest BCUT2D eigenvalue weighted by molar-refractivity contribution is 5.57. The van der Waals surface area contributed by atoms with Gasteiger partial charge in [0.05, 0.1) is 6.67 Å². The van der Waals surface area contributed by atoms with E-state index in [1.54, 1.807) is 0 Å². The number of fused-ring (bicyclic) bond motifs is 1. The number of aryl methyl sites for hydroxylation is 1. The number of benzene rings is 1. The molecule has 1 heterocycles. The molecule has 2 nitrogen and oxygen atoms in total. The Bertz CT molecular complexity index is 376. The molecule has 0 spiro atoms. The van der Waals surface area contributed by atoms with Gasteiger partial charge >= 0.3 is 0 Å². The number of halogens is 1. The van der Waals surface area contributed by atoms with Crippen molar-refractivity contribution < 1.29 is 4.39 Å². The summed E-state index contributed by atoms with van der Waals surface area (Å²) in [5, 5.41) is 0. The number of nitrogens with two attached hydrogens (primary N) is 1. The Hall–Kier alpha value is -1.09. The van der Waals surface area contributed by atoms with E-state index in [0.717, 1.165) is 25.9 Å². The molecule has 3 heteroatoms. The van der Waals surface area contributed by atoms with Gasteiger partial charge in [0.1, 0.15) is 0 Å². The van der Waals surface area contributed by atoms with E-state index in [2.05, 4.69) is 23.1 Å². The SMILES string of the molecule is CC(N)c1ccc2c(c1)CCCN2CCCF. The van der Waals surface area contributed by atoms with Gasteiger partial charge < -0.3 is 10.6 Å². The fraction of sp³-hybridized carbons (Fsp3) is 0.571. The first-order valence-corrected chi connectivity index (χ1v) is 6.41. The number of anilines is 1. The summed E-state index contributed by atoms with van der Waals surface area (Å²) in [6, 6.07) is 6.53. The van der Waals surface area contributed by atoms with Gasteiger partial charge in [0.25, 0.3) is 0 Å². The lowest BCUT2D eigenvalue weighted by molar-refractivity contribution is 0.469. The highest BCUT2D eigenvalue weighted by atomic mass is 19.1. The lowest BCUT2D eigenvalue weighted by Gasteiger charge is -2.31. The summed E-state index contributed by atoms with van der Waals surface area (Å²) in [6.07, 6.45) is 2.89. The van der Waals surface area contributed by atoms with Gasteiger partial charge in [-0.2, -0.15) is 0 Å². The van der Waals surface area contributed by atoms with E-state index < -0.39 is 0 Å². The smallest absolute Gasteiger partial charge is 0.0911 e. The number of hydrogen-bond donors (Lipinski definition) is 1. The maximum atomic E-state index is 12.3. The molecular formula is C14H21FN2. The number of nitrogens with zero attached hydrogens (tertiary/aromatic N) is 1. The van der Waals surface area contributed by atoms with Gasteiger partial charge in [-0.15, -0.1) is 0 Å². The third-order valence-corrected chi connectivity index (χ3v) is 3.41. The van der Waals surface area contributed by atoms with Crippen molar-refractivity contribution in [2.45, 2.75) is 32.2 Å². The lowest BCUT2D eigenvalue weighted by Crippen LogP contribution is -2.30. The van der Waals surface area contributed by atoms with Crippen LogP contribution >= 0.6 is 0 Å². The normalized spacial score (nSPS) is 16.8. The molecule has 1 aliphatic heterocycles. The highest BCUT2D eigenvalue weighted by Crippen LogP contribution is 2.29. The van der Waals surface area contributed by atoms with Crippen LogP contribution in [0.1, 0.15) is 36.9 Å². The van der Waals surface area contributed by atoms with E-state index in [4.69, 9.17) is 5.73 Å². The Balaban J connectivity index is 2.20. The molecule has 1 aromatic rings. The van der Waals surface area contributed by atoms with Crippen LogP contribution in [-0.2, 0) is 6.42 Å². The Labute approximate surface area is 103 Å². The summed E-state index contributed by atoms with van der Waals surface area (Å²) >= 11 is 0. The van der Waals surface area contributed by atoms with Crippen molar-refractivity contribution in [2.24, 2.45) is 5.73 Å². The largest absolute Gasteiger partial charge is 0.371 e. The molecule has 1 aliphatic rings. The summed E-state index contributed by atoms with van der Waals surface area (Å²) in [5.74, 6) is 0. The molecule has 94 valence electrons. The molecule has 0 aliphatic carbocycles. The standard InChI is InChI=1S/C14H21FN2/c1-11(16)12-5-6-14-13(10-12)4-2-8-17(14)9-3-7-15/h5-6,10-11H,2-4,7-9,16H2,1H3. The zero-order valence-corrected chi connectivity index (χ0v) is 10.5. The number of hydrogen-bond acceptors (Lipinski definition) is 2. The topological polar surface area (TPSA) is 29.3 Å². The molecule has 1 aromatic carbocycles. The fourth-order valence-corrected chi connectivity index (χ4v) is 2.46. The van der Waals surface area contributed by atoms with Crippen molar-refractivity contribution >= 4 is 5.69 Å². The summed E-state index contributed by atoms with van der Waals surface area (Å²) in [4.78, 5) is 2.30. The maximum Gasteiger partial charge on any atom is 0.0911 e. The molecule has 17 heavy (non-hydrogen) atoms. The van der Waals surface area contributed by atoms with Crippen LogP contribution in [0, 0.1) is 0 Å². The molecule has 0 fully saturated rings. The van der Waals surface area contributed by atoms with Gasteiger partial charge in [0.15, 0.2) is 0 Å². The number of alkyl halides is 1. The molecule has 0 radical (unpaired) electrons.